The van der Waals surface area contributed by atoms with E-state index < -0.39 is 21.6 Å². The van der Waals surface area contributed by atoms with E-state index in [2.05, 4.69) is 6.58 Å². The van der Waals surface area contributed by atoms with E-state index in [0.29, 0.717) is 29.9 Å². The van der Waals surface area contributed by atoms with E-state index in [4.69, 9.17) is 18.9 Å². The molecule has 2 atom stereocenters. The summed E-state index contributed by atoms with van der Waals surface area (Å²) in [5, 5.41) is 10.3. The average Bonchev–Trinajstić information content (AvgIpc) is 3.81. The maximum atomic E-state index is 13.4. The van der Waals surface area contributed by atoms with Crippen molar-refractivity contribution >= 4 is 21.8 Å². The molecule has 0 spiro atoms. The van der Waals surface area contributed by atoms with Crippen molar-refractivity contribution in [3.63, 3.8) is 0 Å². The summed E-state index contributed by atoms with van der Waals surface area (Å²) in [6.45, 7) is 4.09. The van der Waals surface area contributed by atoms with Crippen molar-refractivity contribution in [2.24, 2.45) is 11.8 Å². The molecule has 3 aliphatic rings. The van der Waals surface area contributed by atoms with Gasteiger partial charge in [-0.25, -0.2) is 17.6 Å². The first-order valence-corrected chi connectivity index (χ1v) is 15.7. The second kappa shape index (κ2) is 13.8. The molecule has 0 bridgehead atoms. The van der Waals surface area contributed by atoms with Crippen LogP contribution in [0, 0.1) is 17.7 Å². The van der Waals surface area contributed by atoms with Gasteiger partial charge in [0, 0.05) is 30.4 Å². The Bertz CT molecular complexity index is 1380. The Hall–Kier alpha value is -3.25. The molecule has 42 heavy (non-hydrogen) atoms. The molecule has 0 amide bonds. The number of esters is 1. The molecular weight excluding hydrogens is 565 g/mol. The van der Waals surface area contributed by atoms with Crippen molar-refractivity contribution in [1.29, 1.82) is 0 Å². The molecule has 0 radical (unpaired) electrons. The smallest absolute Gasteiger partial charge is 0.342 e. The molecule has 1 N–H and O–H groups in total. The van der Waals surface area contributed by atoms with Gasteiger partial charge < -0.3 is 24.1 Å². The average molecular weight is 604 g/mol. The summed E-state index contributed by atoms with van der Waals surface area (Å²) in [7, 11) is -2.44. The number of methoxy groups -OCH3 is 1. The molecule has 1 fully saturated rings. The minimum atomic E-state index is -3.74. The number of carbonyl (C=O) groups excluding carboxylic acids is 1. The van der Waals surface area contributed by atoms with E-state index in [0.717, 1.165) is 24.7 Å². The number of hydrogen-bond acceptors (Lipinski definition) is 8. The van der Waals surface area contributed by atoms with Gasteiger partial charge in [-0.1, -0.05) is 24.8 Å². The molecule has 228 valence electrons. The third-order valence-electron chi connectivity index (χ3n) is 7.40. The summed E-state index contributed by atoms with van der Waals surface area (Å²) < 4.78 is 63.2. The van der Waals surface area contributed by atoms with E-state index in [1.807, 2.05) is 12.2 Å². The van der Waals surface area contributed by atoms with Crippen LogP contribution in [0.4, 0.5) is 4.39 Å². The highest BCUT2D eigenvalue weighted by molar-refractivity contribution is 7.88. The van der Waals surface area contributed by atoms with E-state index in [9.17, 15) is 22.7 Å². The van der Waals surface area contributed by atoms with Gasteiger partial charge in [0.2, 0.25) is 10.0 Å². The van der Waals surface area contributed by atoms with Gasteiger partial charge in [0.25, 0.3) is 0 Å². The molecule has 1 saturated carbocycles. The highest BCUT2D eigenvalue weighted by Gasteiger charge is 2.39. The van der Waals surface area contributed by atoms with Gasteiger partial charge in [-0.3, -0.25) is 4.31 Å². The highest BCUT2D eigenvalue weighted by Crippen LogP contribution is 2.47. The molecule has 1 aromatic carbocycles. The Morgan fingerprint density at radius 3 is 2.50 bits per heavy atom. The normalized spacial score (nSPS) is 22.1. The first-order valence-electron chi connectivity index (χ1n) is 13.9. The fraction of sp³-hybridized carbons (Fsp3) is 0.452. The first-order chi connectivity index (χ1) is 20.1. The van der Waals surface area contributed by atoms with Crippen LogP contribution >= 0.6 is 0 Å². The van der Waals surface area contributed by atoms with E-state index in [-0.39, 0.29) is 56.4 Å². The zero-order chi connectivity index (χ0) is 30.3. The van der Waals surface area contributed by atoms with Gasteiger partial charge >= 0.3 is 5.97 Å². The SMILES string of the molecule is C=C(OC1=CC(N(CCOCCOC2(C(=O)OC)C=CC=CC2)S(C)(=O)=O)=C(C2CC2)[C@@H](CO)C1)c1ccc(F)cc1. The number of allylic oxidation sites excluding steroid dienone is 4. The van der Waals surface area contributed by atoms with Crippen LogP contribution < -0.4 is 0 Å². The van der Waals surface area contributed by atoms with Crippen LogP contribution in [0.15, 0.2) is 78.3 Å². The van der Waals surface area contributed by atoms with Gasteiger partial charge in [0.1, 0.15) is 17.3 Å². The highest BCUT2D eigenvalue weighted by atomic mass is 32.2. The lowest BCUT2D eigenvalue weighted by Crippen LogP contribution is -2.42. The van der Waals surface area contributed by atoms with Gasteiger partial charge in [0.15, 0.2) is 5.60 Å². The van der Waals surface area contributed by atoms with Crippen LogP contribution in [0.5, 0.6) is 0 Å². The van der Waals surface area contributed by atoms with Crippen LogP contribution in [0.25, 0.3) is 5.76 Å². The molecule has 0 aliphatic heterocycles. The van der Waals surface area contributed by atoms with E-state index >= 15 is 0 Å². The fourth-order valence-corrected chi connectivity index (χ4v) is 6.11. The summed E-state index contributed by atoms with van der Waals surface area (Å²) in [6, 6.07) is 5.71. The van der Waals surface area contributed by atoms with E-state index in [1.165, 1.54) is 23.5 Å². The van der Waals surface area contributed by atoms with Crippen molar-refractivity contribution < 1.29 is 41.7 Å². The third kappa shape index (κ3) is 7.77. The number of aliphatic hydroxyl groups excluding tert-OH is 1. The van der Waals surface area contributed by atoms with Gasteiger partial charge in [-0.05, 0) is 54.7 Å². The van der Waals surface area contributed by atoms with Crippen LogP contribution in [-0.4, -0.2) is 75.7 Å². The van der Waals surface area contributed by atoms with Crippen LogP contribution in [0.3, 0.4) is 0 Å². The molecule has 4 rings (SSSR count). The first kappa shape index (κ1) is 31.7. The van der Waals surface area contributed by atoms with Crippen LogP contribution in [0.1, 0.15) is 31.2 Å². The van der Waals surface area contributed by atoms with E-state index in [1.54, 1.807) is 30.4 Å². The van der Waals surface area contributed by atoms with Gasteiger partial charge in [-0.2, -0.15) is 0 Å². The zero-order valence-electron chi connectivity index (χ0n) is 24.0. The fourth-order valence-electron chi connectivity index (χ4n) is 5.18. The van der Waals surface area contributed by atoms with Gasteiger partial charge in [0.05, 0.1) is 52.0 Å². The zero-order valence-corrected chi connectivity index (χ0v) is 24.8. The maximum absolute atomic E-state index is 13.4. The Morgan fingerprint density at radius 1 is 1.17 bits per heavy atom. The molecule has 3 aliphatic carbocycles. The molecule has 11 heteroatoms. The Balaban J connectivity index is 1.46. The molecule has 9 nitrogen and oxygen atoms in total. The monoisotopic (exact) mass is 603 g/mol. The van der Waals surface area contributed by atoms with Crippen molar-refractivity contribution in [3.8, 4) is 0 Å². The summed E-state index contributed by atoms with van der Waals surface area (Å²) in [4.78, 5) is 12.3. The standard InChI is InChI=1S/C31H38FNO8S/c1-22(23-9-11-26(32)12-10-23)41-27-19-25(21-34)29(24-7-8-24)28(20-27)33(42(3,36)37)15-16-39-17-18-40-31(30(35)38-2)13-5-4-6-14-31/h4-6,9-13,20,24-25,34H,1,7-8,14-19,21H2,2-3H3/t25-,31?/m1/s1. The minimum Gasteiger partial charge on any atom is -0.467 e. The Labute approximate surface area is 246 Å². The van der Waals surface area contributed by atoms with Crippen LogP contribution in [0.2, 0.25) is 0 Å². The topological polar surface area (TPSA) is 112 Å². The lowest BCUT2D eigenvalue weighted by molar-refractivity contribution is -0.164. The lowest BCUT2D eigenvalue weighted by Gasteiger charge is -2.33. The molecule has 0 saturated heterocycles. The molecule has 1 aromatic rings. The number of carbonyl (C=O) groups is 1. The predicted octanol–water partition coefficient (Wildman–Crippen LogP) is 4.10. The number of benzene rings is 1. The quantitative estimate of drug-likeness (QED) is 0.181. The second-order valence-corrected chi connectivity index (χ2v) is 12.4. The molecular formula is C31H38FNO8S. The molecule has 1 unspecified atom stereocenters. The summed E-state index contributed by atoms with van der Waals surface area (Å²) in [5.74, 6) is -0.289. The Kier molecular flexibility index (Phi) is 10.4. The molecule has 0 aromatic heterocycles. The molecule has 0 heterocycles. The number of rotatable bonds is 15. The lowest BCUT2D eigenvalue weighted by atomic mass is 9.86. The van der Waals surface area contributed by atoms with Crippen molar-refractivity contribution in [2.75, 3.05) is 46.3 Å². The maximum Gasteiger partial charge on any atom is 0.342 e. The number of sulfonamides is 1. The van der Waals surface area contributed by atoms with Gasteiger partial charge in [-0.15, -0.1) is 0 Å². The summed E-state index contributed by atoms with van der Waals surface area (Å²) >= 11 is 0. The number of halogens is 1. The number of ether oxygens (including phenoxy) is 4. The van der Waals surface area contributed by atoms with Crippen LogP contribution in [-0.2, 0) is 33.8 Å². The van der Waals surface area contributed by atoms with Crippen molar-refractivity contribution in [3.05, 3.63) is 89.6 Å². The number of aliphatic hydroxyl groups is 1. The summed E-state index contributed by atoms with van der Waals surface area (Å²) in [6.07, 6.45) is 12.4. The van der Waals surface area contributed by atoms with Crippen molar-refractivity contribution in [1.82, 2.24) is 4.31 Å². The van der Waals surface area contributed by atoms with Crippen molar-refractivity contribution in [2.45, 2.75) is 31.3 Å². The largest absolute Gasteiger partial charge is 0.467 e. The summed E-state index contributed by atoms with van der Waals surface area (Å²) in [5.41, 5.74) is 0.732. The number of nitrogens with zero attached hydrogens (tertiary/aromatic N) is 1. The minimum absolute atomic E-state index is 0.0238. The second-order valence-electron chi connectivity index (χ2n) is 10.5. The Morgan fingerprint density at radius 2 is 1.90 bits per heavy atom. The predicted molar refractivity (Wildman–Crippen MR) is 156 cm³/mol. The third-order valence-corrected chi connectivity index (χ3v) is 8.58. The number of hydrogen-bond donors (Lipinski definition) is 1.